The maximum absolute atomic E-state index is 13.7. The first-order valence-corrected chi connectivity index (χ1v) is 12.3. The van der Waals surface area contributed by atoms with Crippen LogP contribution in [0.1, 0.15) is 24.0 Å². The highest BCUT2D eigenvalue weighted by molar-refractivity contribution is 14.0. The van der Waals surface area contributed by atoms with E-state index in [0.29, 0.717) is 23.6 Å². The zero-order valence-corrected chi connectivity index (χ0v) is 21.0. The summed E-state index contributed by atoms with van der Waals surface area (Å²) in [4.78, 5) is 5.49. The molecule has 0 unspecified atom stereocenters. The van der Waals surface area contributed by atoms with Crippen LogP contribution in [0.15, 0.2) is 58.4 Å². The van der Waals surface area contributed by atoms with Gasteiger partial charge in [-0.1, -0.05) is 24.3 Å². The highest BCUT2D eigenvalue weighted by Gasteiger charge is 2.43. The van der Waals surface area contributed by atoms with Gasteiger partial charge >= 0.3 is 0 Å². The lowest BCUT2D eigenvalue weighted by Crippen LogP contribution is -2.40. The number of thioether (sulfide) groups is 1. The summed E-state index contributed by atoms with van der Waals surface area (Å²) >= 11 is 1.87. The van der Waals surface area contributed by atoms with Crippen molar-refractivity contribution in [2.45, 2.75) is 34.8 Å². The van der Waals surface area contributed by atoms with Crippen molar-refractivity contribution in [2.75, 3.05) is 19.8 Å². The van der Waals surface area contributed by atoms with Crippen LogP contribution in [0.25, 0.3) is 0 Å². The van der Waals surface area contributed by atoms with Crippen molar-refractivity contribution in [3.05, 3.63) is 65.5 Å². The van der Waals surface area contributed by atoms with Crippen molar-refractivity contribution in [3.8, 4) is 0 Å². The fourth-order valence-corrected chi connectivity index (χ4v) is 5.11. The Morgan fingerprint density at radius 2 is 1.83 bits per heavy atom. The van der Waals surface area contributed by atoms with E-state index in [1.807, 2.05) is 30.0 Å². The van der Waals surface area contributed by atoms with Crippen LogP contribution in [-0.4, -0.2) is 39.0 Å². The van der Waals surface area contributed by atoms with Crippen LogP contribution in [0.3, 0.4) is 0 Å². The first-order valence-electron chi connectivity index (χ1n) is 9.42. The van der Waals surface area contributed by atoms with E-state index in [1.54, 1.807) is 7.05 Å². The fourth-order valence-electron chi connectivity index (χ4n) is 3.02. The van der Waals surface area contributed by atoms with Crippen molar-refractivity contribution in [1.82, 2.24) is 10.6 Å². The van der Waals surface area contributed by atoms with Gasteiger partial charge < -0.3 is 10.6 Å². The number of nitrogens with one attached hydrogen (secondary N) is 2. The van der Waals surface area contributed by atoms with Gasteiger partial charge in [0.25, 0.3) is 0 Å². The lowest BCUT2D eigenvalue weighted by Gasteiger charge is -2.19. The zero-order chi connectivity index (χ0) is 20.9. The number of hydrogen-bond donors (Lipinski definition) is 2. The third kappa shape index (κ3) is 7.73. The van der Waals surface area contributed by atoms with Gasteiger partial charge in [-0.3, -0.25) is 4.99 Å². The molecule has 0 saturated heterocycles. The van der Waals surface area contributed by atoms with E-state index in [0.717, 1.165) is 19.4 Å². The van der Waals surface area contributed by atoms with Crippen LogP contribution < -0.4 is 10.6 Å². The Kier molecular flexibility index (Phi) is 8.98. The summed E-state index contributed by atoms with van der Waals surface area (Å²) in [6.07, 6.45) is 3.45. The van der Waals surface area contributed by atoms with Gasteiger partial charge in [0, 0.05) is 36.0 Å². The van der Waals surface area contributed by atoms with Crippen molar-refractivity contribution >= 4 is 51.5 Å². The van der Waals surface area contributed by atoms with E-state index in [1.165, 1.54) is 29.4 Å². The average Bonchev–Trinajstić information content (AvgIpc) is 3.43. The Labute approximate surface area is 199 Å². The quantitative estimate of drug-likeness (QED) is 0.289. The van der Waals surface area contributed by atoms with Gasteiger partial charge in [0.05, 0.1) is 5.75 Å². The molecule has 1 fully saturated rings. The normalized spacial score (nSPS) is 15.2. The Bertz CT molecular complexity index is 981. The SMILES string of the molecule is CN=C(NCc1cc(F)ccc1CS(C)(=O)=O)NCC1(Sc2ccccc2)CC1.I. The number of aliphatic imine (C=N–C) groups is 1. The van der Waals surface area contributed by atoms with Crippen molar-refractivity contribution in [1.29, 1.82) is 0 Å². The van der Waals surface area contributed by atoms with Gasteiger partial charge in [-0.2, -0.15) is 0 Å². The molecule has 5 nitrogen and oxygen atoms in total. The van der Waals surface area contributed by atoms with Gasteiger partial charge in [0.2, 0.25) is 0 Å². The van der Waals surface area contributed by atoms with E-state index in [9.17, 15) is 12.8 Å². The summed E-state index contributed by atoms with van der Waals surface area (Å²) in [5.74, 6) is 0.102. The lowest BCUT2D eigenvalue weighted by molar-refractivity contribution is 0.599. The van der Waals surface area contributed by atoms with Crippen molar-refractivity contribution in [3.63, 3.8) is 0 Å². The number of halogens is 2. The summed E-state index contributed by atoms with van der Waals surface area (Å²) in [5, 5.41) is 6.52. The van der Waals surface area contributed by atoms with E-state index >= 15 is 0 Å². The summed E-state index contributed by atoms with van der Waals surface area (Å²) in [6, 6.07) is 14.5. The maximum atomic E-state index is 13.7. The molecule has 1 aliphatic rings. The van der Waals surface area contributed by atoms with Crippen LogP contribution in [0.2, 0.25) is 0 Å². The minimum Gasteiger partial charge on any atom is -0.355 e. The monoisotopic (exact) mass is 563 g/mol. The second-order valence-corrected chi connectivity index (χ2v) is 11.0. The molecule has 9 heteroatoms. The van der Waals surface area contributed by atoms with Crippen LogP contribution in [0, 0.1) is 5.82 Å². The fraction of sp³-hybridized carbons (Fsp3) is 0.381. The molecule has 1 saturated carbocycles. The molecule has 0 atom stereocenters. The molecule has 0 amide bonds. The largest absolute Gasteiger partial charge is 0.355 e. The Balaban J connectivity index is 0.00000320. The Hall–Kier alpha value is -1.33. The second-order valence-electron chi connectivity index (χ2n) is 7.36. The molecule has 2 aromatic carbocycles. The Morgan fingerprint density at radius 3 is 2.43 bits per heavy atom. The molecule has 1 aliphatic carbocycles. The van der Waals surface area contributed by atoms with E-state index < -0.39 is 15.7 Å². The van der Waals surface area contributed by atoms with Gasteiger partial charge in [-0.15, -0.1) is 35.7 Å². The molecule has 0 heterocycles. The second kappa shape index (κ2) is 10.8. The molecular weight excluding hydrogens is 536 g/mol. The molecule has 2 aromatic rings. The number of hydrogen-bond acceptors (Lipinski definition) is 4. The first kappa shape index (κ1) is 24.9. The van der Waals surface area contributed by atoms with Crippen molar-refractivity contribution in [2.24, 2.45) is 4.99 Å². The smallest absolute Gasteiger partial charge is 0.191 e. The van der Waals surface area contributed by atoms with Gasteiger partial charge in [-0.05, 0) is 48.2 Å². The average molecular weight is 564 g/mol. The highest BCUT2D eigenvalue weighted by Crippen LogP contribution is 2.51. The summed E-state index contributed by atoms with van der Waals surface area (Å²) < 4.78 is 37.1. The molecular formula is C21H27FIN3O2S2. The van der Waals surface area contributed by atoms with E-state index in [2.05, 4.69) is 27.8 Å². The summed E-state index contributed by atoms with van der Waals surface area (Å²) in [6.45, 7) is 1.06. The molecule has 3 rings (SSSR count). The van der Waals surface area contributed by atoms with Crippen LogP contribution >= 0.6 is 35.7 Å². The summed E-state index contributed by atoms with van der Waals surface area (Å²) in [5.41, 5.74) is 1.20. The van der Waals surface area contributed by atoms with E-state index in [-0.39, 0.29) is 34.5 Å². The third-order valence-corrected chi connectivity index (χ3v) is 7.05. The van der Waals surface area contributed by atoms with Crippen LogP contribution in [-0.2, 0) is 22.1 Å². The molecule has 0 radical (unpaired) electrons. The molecule has 0 spiro atoms. The first-order chi connectivity index (χ1) is 13.8. The van der Waals surface area contributed by atoms with E-state index in [4.69, 9.17) is 0 Å². The summed E-state index contributed by atoms with van der Waals surface area (Å²) in [7, 11) is -1.52. The minimum absolute atomic E-state index is 0. The van der Waals surface area contributed by atoms with Gasteiger partial charge in [0.15, 0.2) is 15.8 Å². The van der Waals surface area contributed by atoms with Crippen molar-refractivity contribution < 1.29 is 12.8 Å². The highest BCUT2D eigenvalue weighted by atomic mass is 127. The number of nitrogens with zero attached hydrogens (tertiary/aromatic N) is 1. The molecule has 0 bridgehead atoms. The number of rotatable bonds is 8. The zero-order valence-electron chi connectivity index (χ0n) is 17.0. The Morgan fingerprint density at radius 1 is 1.13 bits per heavy atom. The number of guanidine groups is 1. The predicted molar refractivity (Wildman–Crippen MR) is 133 cm³/mol. The maximum Gasteiger partial charge on any atom is 0.191 e. The van der Waals surface area contributed by atoms with Gasteiger partial charge in [0.1, 0.15) is 5.82 Å². The molecule has 0 aromatic heterocycles. The number of benzene rings is 2. The molecule has 0 aliphatic heterocycles. The standard InChI is InChI=1S/C21H26FN3O2S2.HI/c1-23-20(25-15-21(10-11-21)28-19-6-4-3-5-7-19)24-13-17-12-18(22)9-8-16(17)14-29(2,26)27;/h3-9,12H,10-11,13-15H2,1-2H3,(H2,23,24,25);1H. The third-order valence-electron chi connectivity index (χ3n) is 4.72. The number of sulfone groups is 1. The topological polar surface area (TPSA) is 70.6 Å². The van der Waals surface area contributed by atoms with Crippen LogP contribution in [0.4, 0.5) is 4.39 Å². The minimum atomic E-state index is -3.21. The van der Waals surface area contributed by atoms with Crippen LogP contribution in [0.5, 0.6) is 0 Å². The predicted octanol–water partition coefficient (Wildman–Crippen LogP) is 3.98. The van der Waals surface area contributed by atoms with Gasteiger partial charge in [-0.25, -0.2) is 12.8 Å². The molecule has 164 valence electrons. The molecule has 2 N–H and O–H groups in total. The molecule has 30 heavy (non-hydrogen) atoms. The lowest BCUT2D eigenvalue weighted by atomic mass is 10.1.